The molecule has 3 rings (SSSR count). The second-order valence-electron chi connectivity index (χ2n) is 5.07. The Kier molecular flexibility index (Phi) is 3.85. The summed E-state index contributed by atoms with van der Waals surface area (Å²) in [5.74, 6) is 0.689. The molecule has 0 fully saturated rings. The first-order valence-electron chi connectivity index (χ1n) is 6.77. The van der Waals surface area contributed by atoms with Crippen LogP contribution in [0.4, 0.5) is 11.5 Å². The summed E-state index contributed by atoms with van der Waals surface area (Å²) in [6, 6.07) is 7.32. The molecular formula is C16H14ClN3OS. The number of aryl methyl sites for hydroxylation is 2. The summed E-state index contributed by atoms with van der Waals surface area (Å²) in [6.07, 6.45) is 0. The van der Waals surface area contributed by atoms with Crippen LogP contribution < -0.4 is 5.32 Å². The zero-order chi connectivity index (χ0) is 15.9. The van der Waals surface area contributed by atoms with Gasteiger partial charge in [0, 0.05) is 16.1 Å². The molecular weight excluding hydrogens is 318 g/mol. The summed E-state index contributed by atoms with van der Waals surface area (Å²) >= 11 is 7.62. The number of nitrogens with one attached hydrogen (secondary N) is 1. The molecule has 22 heavy (non-hydrogen) atoms. The van der Waals surface area contributed by atoms with E-state index in [-0.39, 0.29) is 11.1 Å². The molecule has 2 heterocycles. The largest absolute Gasteiger partial charge is 0.340 e. The number of benzene rings is 1. The third kappa shape index (κ3) is 2.69. The van der Waals surface area contributed by atoms with Crippen molar-refractivity contribution in [2.75, 3.05) is 5.32 Å². The first kappa shape index (κ1) is 14.9. The smallest absolute Gasteiger partial charge is 0.225 e. The molecule has 0 saturated heterocycles. The summed E-state index contributed by atoms with van der Waals surface area (Å²) in [4.78, 5) is 22.1. The third-order valence-corrected chi connectivity index (χ3v) is 4.80. The molecule has 0 bridgehead atoms. The van der Waals surface area contributed by atoms with Crippen molar-refractivity contribution in [3.05, 3.63) is 45.6 Å². The highest BCUT2D eigenvalue weighted by molar-refractivity contribution is 7.18. The summed E-state index contributed by atoms with van der Waals surface area (Å²) in [6.45, 7) is 5.64. The number of carbonyl (C=O) groups excluding carboxylic acids is 1. The van der Waals surface area contributed by atoms with Crippen molar-refractivity contribution in [3.63, 3.8) is 0 Å². The molecule has 0 aliphatic heterocycles. The van der Waals surface area contributed by atoms with Gasteiger partial charge in [-0.25, -0.2) is 4.98 Å². The Labute approximate surface area is 137 Å². The Hall–Kier alpha value is -1.98. The molecule has 0 aliphatic carbocycles. The maximum Gasteiger partial charge on any atom is 0.225 e. The van der Waals surface area contributed by atoms with E-state index in [1.54, 1.807) is 30.4 Å². The minimum atomic E-state index is 0.0251. The normalized spacial score (nSPS) is 10.9. The lowest BCUT2D eigenvalue weighted by atomic mass is 10.1. The maximum atomic E-state index is 11.5. The van der Waals surface area contributed by atoms with E-state index in [1.165, 1.54) is 4.88 Å². The zero-order valence-corrected chi connectivity index (χ0v) is 14.0. The van der Waals surface area contributed by atoms with Crippen LogP contribution in [0.15, 0.2) is 24.3 Å². The average molecular weight is 332 g/mol. The van der Waals surface area contributed by atoms with Gasteiger partial charge in [0.15, 0.2) is 5.78 Å². The Morgan fingerprint density at radius 3 is 2.77 bits per heavy atom. The molecule has 0 radical (unpaired) electrons. The molecule has 112 valence electrons. The van der Waals surface area contributed by atoms with Crippen LogP contribution >= 0.6 is 22.9 Å². The van der Waals surface area contributed by atoms with E-state index in [1.807, 2.05) is 19.1 Å². The van der Waals surface area contributed by atoms with Gasteiger partial charge in [-0.3, -0.25) is 4.79 Å². The van der Waals surface area contributed by atoms with Crippen LogP contribution in [0, 0.1) is 13.8 Å². The summed E-state index contributed by atoms with van der Waals surface area (Å²) < 4.78 is 0. The molecule has 0 spiro atoms. The van der Waals surface area contributed by atoms with Gasteiger partial charge in [0.2, 0.25) is 5.28 Å². The SMILES string of the molecule is CC(=O)c1cccc(Nc2nc(Cl)nc3sc(C)c(C)c23)c1. The van der Waals surface area contributed by atoms with Crippen molar-refractivity contribution in [2.45, 2.75) is 20.8 Å². The van der Waals surface area contributed by atoms with Gasteiger partial charge < -0.3 is 5.32 Å². The average Bonchev–Trinajstić information content (AvgIpc) is 2.74. The number of fused-ring (bicyclic) bond motifs is 1. The Morgan fingerprint density at radius 2 is 2.05 bits per heavy atom. The second kappa shape index (κ2) is 5.66. The van der Waals surface area contributed by atoms with Gasteiger partial charge in [-0.1, -0.05) is 12.1 Å². The highest BCUT2D eigenvalue weighted by atomic mass is 35.5. The topological polar surface area (TPSA) is 54.9 Å². The number of carbonyl (C=O) groups is 1. The molecule has 2 aromatic heterocycles. The van der Waals surface area contributed by atoms with E-state index < -0.39 is 0 Å². The second-order valence-corrected chi connectivity index (χ2v) is 6.61. The number of nitrogens with zero attached hydrogens (tertiary/aromatic N) is 2. The molecule has 1 aromatic carbocycles. The minimum absolute atomic E-state index is 0.0251. The van der Waals surface area contributed by atoms with Crippen LogP contribution in [0.25, 0.3) is 10.2 Å². The lowest BCUT2D eigenvalue weighted by Crippen LogP contribution is -1.99. The van der Waals surface area contributed by atoms with Gasteiger partial charge in [-0.15, -0.1) is 11.3 Å². The summed E-state index contributed by atoms with van der Waals surface area (Å²) in [7, 11) is 0. The Morgan fingerprint density at radius 1 is 1.27 bits per heavy atom. The third-order valence-electron chi connectivity index (χ3n) is 3.53. The molecule has 4 nitrogen and oxygen atoms in total. The van der Waals surface area contributed by atoms with E-state index in [4.69, 9.17) is 11.6 Å². The van der Waals surface area contributed by atoms with Crippen LogP contribution in [-0.4, -0.2) is 15.8 Å². The van der Waals surface area contributed by atoms with Crippen LogP contribution in [0.3, 0.4) is 0 Å². The number of anilines is 2. The number of aromatic nitrogens is 2. The number of Topliss-reactive ketones (excluding diaryl/α,β-unsaturated/α-hetero) is 1. The Balaban J connectivity index is 2.11. The fourth-order valence-corrected chi connectivity index (χ4v) is 3.51. The van der Waals surface area contributed by atoms with Gasteiger partial charge in [0.1, 0.15) is 10.6 Å². The van der Waals surface area contributed by atoms with E-state index in [9.17, 15) is 4.79 Å². The molecule has 0 aliphatic rings. The fraction of sp³-hybridized carbons (Fsp3) is 0.188. The molecule has 0 unspecified atom stereocenters. The first-order chi connectivity index (χ1) is 10.5. The van der Waals surface area contributed by atoms with Crippen LogP contribution in [0.2, 0.25) is 5.28 Å². The van der Waals surface area contributed by atoms with E-state index >= 15 is 0 Å². The van der Waals surface area contributed by atoms with Crippen molar-refractivity contribution in [3.8, 4) is 0 Å². The van der Waals surface area contributed by atoms with Crippen molar-refractivity contribution < 1.29 is 4.79 Å². The van der Waals surface area contributed by atoms with Crippen LogP contribution in [-0.2, 0) is 0 Å². The summed E-state index contributed by atoms with van der Waals surface area (Å²) in [5.41, 5.74) is 2.59. The van der Waals surface area contributed by atoms with Crippen LogP contribution in [0.1, 0.15) is 27.7 Å². The van der Waals surface area contributed by atoms with E-state index in [2.05, 4.69) is 22.2 Å². The van der Waals surface area contributed by atoms with Crippen molar-refractivity contribution in [2.24, 2.45) is 0 Å². The van der Waals surface area contributed by atoms with Crippen LogP contribution in [0.5, 0.6) is 0 Å². The van der Waals surface area contributed by atoms with Gasteiger partial charge in [0.05, 0.1) is 5.39 Å². The first-order valence-corrected chi connectivity index (χ1v) is 7.96. The number of halogens is 1. The number of hydrogen-bond acceptors (Lipinski definition) is 5. The monoisotopic (exact) mass is 331 g/mol. The zero-order valence-electron chi connectivity index (χ0n) is 12.4. The standard InChI is InChI=1S/C16H14ClN3OS/c1-8-10(3)22-15-13(8)14(19-16(17)20-15)18-12-6-4-5-11(7-12)9(2)21/h4-7H,1-3H3,(H,18,19,20). The summed E-state index contributed by atoms with van der Waals surface area (Å²) in [5, 5.41) is 4.44. The van der Waals surface area contributed by atoms with Crippen molar-refractivity contribution in [1.82, 2.24) is 9.97 Å². The Bertz CT molecular complexity index is 888. The van der Waals surface area contributed by atoms with Crippen molar-refractivity contribution in [1.29, 1.82) is 0 Å². The van der Waals surface area contributed by atoms with Gasteiger partial charge in [0.25, 0.3) is 0 Å². The molecule has 0 saturated carbocycles. The molecule has 6 heteroatoms. The molecule has 1 N–H and O–H groups in total. The molecule has 3 aromatic rings. The number of ketones is 1. The highest BCUT2D eigenvalue weighted by Gasteiger charge is 2.14. The highest BCUT2D eigenvalue weighted by Crippen LogP contribution is 2.35. The fourth-order valence-electron chi connectivity index (χ4n) is 2.27. The number of thiophene rings is 1. The minimum Gasteiger partial charge on any atom is -0.340 e. The van der Waals surface area contributed by atoms with E-state index in [0.29, 0.717) is 11.4 Å². The predicted octanol–water partition coefficient (Wildman–Crippen LogP) is 4.91. The van der Waals surface area contributed by atoms with Gasteiger partial charge in [-0.05, 0) is 50.1 Å². The van der Waals surface area contributed by atoms with Gasteiger partial charge in [-0.2, -0.15) is 4.98 Å². The number of rotatable bonds is 3. The molecule has 0 amide bonds. The van der Waals surface area contributed by atoms with E-state index in [0.717, 1.165) is 21.5 Å². The van der Waals surface area contributed by atoms with Crippen molar-refractivity contribution >= 4 is 50.4 Å². The van der Waals surface area contributed by atoms with Gasteiger partial charge >= 0.3 is 0 Å². The number of hydrogen-bond donors (Lipinski definition) is 1. The lowest BCUT2D eigenvalue weighted by Gasteiger charge is -2.09. The quantitative estimate of drug-likeness (QED) is 0.547. The molecule has 0 atom stereocenters. The lowest BCUT2D eigenvalue weighted by molar-refractivity contribution is 0.101. The maximum absolute atomic E-state index is 11.5. The predicted molar refractivity (Wildman–Crippen MR) is 91.6 cm³/mol.